The molecule has 1 atom stereocenters. The van der Waals surface area contributed by atoms with Crippen LogP contribution in [0.4, 0.5) is 4.79 Å². The van der Waals surface area contributed by atoms with E-state index in [0.29, 0.717) is 13.2 Å². The number of hydrogen-bond donors (Lipinski definition) is 2. The van der Waals surface area contributed by atoms with Gasteiger partial charge in [-0.15, -0.1) is 0 Å². The summed E-state index contributed by atoms with van der Waals surface area (Å²) in [6.07, 6.45) is 0.816. The van der Waals surface area contributed by atoms with Gasteiger partial charge in [0, 0.05) is 13.7 Å². The van der Waals surface area contributed by atoms with Crippen molar-refractivity contribution >= 4 is 11.9 Å². The maximum Gasteiger partial charge on any atom is 0.317 e. The fourth-order valence-electron chi connectivity index (χ4n) is 1.24. The van der Waals surface area contributed by atoms with Crippen LogP contribution < -0.4 is 11.1 Å². The Morgan fingerprint density at radius 2 is 2.36 bits per heavy atom. The van der Waals surface area contributed by atoms with E-state index in [2.05, 4.69) is 5.32 Å². The lowest BCUT2D eigenvalue weighted by Crippen LogP contribution is -2.46. The van der Waals surface area contributed by atoms with Crippen LogP contribution in [0.25, 0.3) is 0 Å². The number of primary amides is 1. The number of rotatable bonds is 3. The number of nitrogens with two attached hydrogens (primary N) is 1. The van der Waals surface area contributed by atoms with Gasteiger partial charge in [0.2, 0.25) is 5.91 Å². The highest BCUT2D eigenvalue weighted by atomic mass is 16.5. The number of carbonyl (C=O) groups excluding carboxylic acids is 2. The second-order valence-corrected chi connectivity index (χ2v) is 3.33. The van der Waals surface area contributed by atoms with Crippen molar-refractivity contribution in [2.24, 2.45) is 5.73 Å². The van der Waals surface area contributed by atoms with E-state index in [1.807, 2.05) is 0 Å². The van der Waals surface area contributed by atoms with Crippen molar-refractivity contribution in [1.82, 2.24) is 10.2 Å². The highest BCUT2D eigenvalue weighted by Crippen LogP contribution is 2.03. The summed E-state index contributed by atoms with van der Waals surface area (Å²) < 4.78 is 5.09. The first-order valence-electron chi connectivity index (χ1n) is 4.47. The van der Waals surface area contributed by atoms with Gasteiger partial charge < -0.3 is 20.7 Å². The zero-order valence-electron chi connectivity index (χ0n) is 8.16. The third kappa shape index (κ3) is 3.21. The molecule has 0 bridgehead atoms. The number of amides is 3. The molecule has 1 saturated heterocycles. The molecule has 0 aromatic carbocycles. The van der Waals surface area contributed by atoms with Crippen molar-refractivity contribution in [2.45, 2.75) is 12.5 Å². The first-order chi connectivity index (χ1) is 6.59. The minimum atomic E-state index is -0.523. The Labute approximate surface area is 82.4 Å². The summed E-state index contributed by atoms with van der Waals surface area (Å²) in [5.41, 5.74) is 4.95. The molecule has 0 radical (unpaired) electrons. The monoisotopic (exact) mass is 201 g/mol. The number of ether oxygens (including phenoxy) is 1. The van der Waals surface area contributed by atoms with E-state index in [9.17, 15) is 9.59 Å². The summed E-state index contributed by atoms with van der Waals surface area (Å²) in [6.45, 7) is 1.14. The second kappa shape index (κ2) is 4.80. The number of nitrogens with zero attached hydrogens (tertiary/aromatic N) is 1. The number of carbonyl (C=O) groups is 2. The maximum atomic E-state index is 11.4. The predicted molar refractivity (Wildman–Crippen MR) is 49.6 cm³/mol. The molecule has 80 valence electrons. The van der Waals surface area contributed by atoms with Gasteiger partial charge in [0.1, 0.15) is 6.54 Å². The SMILES string of the molecule is CN(CC(N)=O)C(=O)NC1CCOC1. The third-order valence-corrected chi connectivity index (χ3v) is 2.00. The minimum Gasteiger partial charge on any atom is -0.379 e. The zero-order chi connectivity index (χ0) is 10.6. The molecule has 6 nitrogen and oxygen atoms in total. The van der Waals surface area contributed by atoms with E-state index in [1.165, 1.54) is 11.9 Å². The van der Waals surface area contributed by atoms with Crippen LogP contribution in [0.2, 0.25) is 0 Å². The summed E-state index contributed by atoms with van der Waals surface area (Å²) >= 11 is 0. The van der Waals surface area contributed by atoms with E-state index in [-0.39, 0.29) is 18.6 Å². The van der Waals surface area contributed by atoms with E-state index in [0.717, 1.165) is 6.42 Å². The van der Waals surface area contributed by atoms with Crippen LogP contribution in [0.5, 0.6) is 0 Å². The molecule has 3 N–H and O–H groups in total. The van der Waals surface area contributed by atoms with Gasteiger partial charge >= 0.3 is 6.03 Å². The van der Waals surface area contributed by atoms with Crippen molar-refractivity contribution < 1.29 is 14.3 Å². The minimum absolute atomic E-state index is 0.0535. The molecule has 1 aliphatic heterocycles. The second-order valence-electron chi connectivity index (χ2n) is 3.33. The Morgan fingerprint density at radius 3 is 2.86 bits per heavy atom. The van der Waals surface area contributed by atoms with E-state index < -0.39 is 5.91 Å². The van der Waals surface area contributed by atoms with Crippen LogP contribution in [0.15, 0.2) is 0 Å². The standard InChI is InChI=1S/C8H15N3O3/c1-11(4-7(9)12)8(13)10-6-2-3-14-5-6/h6H,2-5H2,1H3,(H2,9,12)(H,10,13). The molecule has 6 heteroatoms. The first kappa shape index (κ1) is 10.8. The van der Waals surface area contributed by atoms with Gasteiger partial charge in [0.15, 0.2) is 0 Å². The van der Waals surface area contributed by atoms with Crippen LogP contribution in [0.3, 0.4) is 0 Å². The molecule has 3 amide bonds. The number of urea groups is 1. The molecule has 1 rings (SSSR count). The molecular weight excluding hydrogens is 186 g/mol. The van der Waals surface area contributed by atoms with E-state index in [4.69, 9.17) is 10.5 Å². The Morgan fingerprint density at radius 1 is 1.64 bits per heavy atom. The highest BCUT2D eigenvalue weighted by molar-refractivity contribution is 5.82. The molecule has 14 heavy (non-hydrogen) atoms. The van der Waals surface area contributed by atoms with E-state index in [1.54, 1.807) is 0 Å². The molecule has 0 aromatic heterocycles. The Balaban J connectivity index is 2.29. The smallest absolute Gasteiger partial charge is 0.317 e. The molecule has 0 aromatic rings. The van der Waals surface area contributed by atoms with E-state index >= 15 is 0 Å². The van der Waals surface area contributed by atoms with Gasteiger partial charge in [0.05, 0.1) is 12.6 Å². The van der Waals surface area contributed by atoms with Gasteiger partial charge in [-0.1, -0.05) is 0 Å². The fraction of sp³-hybridized carbons (Fsp3) is 0.750. The van der Waals surface area contributed by atoms with Gasteiger partial charge in [-0.3, -0.25) is 4.79 Å². The molecule has 0 spiro atoms. The normalized spacial score (nSPS) is 20.5. The van der Waals surface area contributed by atoms with Crippen LogP contribution in [-0.2, 0) is 9.53 Å². The molecule has 1 aliphatic rings. The number of likely N-dealkylation sites (N-methyl/N-ethyl adjacent to an activating group) is 1. The van der Waals surface area contributed by atoms with Gasteiger partial charge in [0.25, 0.3) is 0 Å². The summed E-state index contributed by atoms with van der Waals surface area (Å²) in [5, 5.41) is 2.74. The highest BCUT2D eigenvalue weighted by Gasteiger charge is 2.19. The molecule has 1 unspecified atom stereocenters. The van der Waals surface area contributed by atoms with Crippen LogP contribution >= 0.6 is 0 Å². The number of nitrogens with one attached hydrogen (secondary N) is 1. The van der Waals surface area contributed by atoms with Crippen molar-refractivity contribution in [3.8, 4) is 0 Å². The summed E-state index contributed by atoms with van der Waals surface area (Å²) in [4.78, 5) is 23.2. The van der Waals surface area contributed by atoms with Crippen molar-refractivity contribution in [2.75, 3.05) is 26.8 Å². The Kier molecular flexibility index (Phi) is 3.70. The van der Waals surface area contributed by atoms with Crippen LogP contribution in [-0.4, -0.2) is 49.7 Å². The van der Waals surface area contributed by atoms with Gasteiger partial charge in [-0.25, -0.2) is 4.79 Å². The van der Waals surface area contributed by atoms with Gasteiger partial charge in [-0.05, 0) is 6.42 Å². The number of hydrogen-bond acceptors (Lipinski definition) is 3. The van der Waals surface area contributed by atoms with Crippen LogP contribution in [0.1, 0.15) is 6.42 Å². The van der Waals surface area contributed by atoms with Gasteiger partial charge in [-0.2, -0.15) is 0 Å². The molecule has 0 aliphatic carbocycles. The van der Waals surface area contributed by atoms with Crippen molar-refractivity contribution in [3.63, 3.8) is 0 Å². The average molecular weight is 201 g/mol. The summed E-state index contributed by atoms with van der Waals surface area (Å²) in [7, 11) is 1.52. The Bertz CT molecular complexity index is 226. The first-order valence-corrected chi connectivity index (χ1v) is 4.47. The lowest BCUT2D eigenvalue weighted by atomic mass is 10.3. The summed E-state index contributed by atoms with van der Waals surface area (Å²) in [5.74, 6) is -0.523. The molecule has 1 fully saturated rings. The largest absolute Gasteiger partial charge is 0.379 e. The Hall–Kier alpha value is -1.30. The average Bonchev–Trinajstić information content (AvgIpc) is 2.55. The topological polar surface area (TPSA) is 84.7 Å². The lowest BCUT2D eigenvalue weighted by molar-refractivity contribution is -0.118. The predicted octanol–water partition coefficient (Wildman–Crippen LogP) is -1.10. The third-order valence-electron chi connectivity index (χ3n) is 2.00. The lowest BCUT2D eigenvalue weighted by Gasteiger charge is -2.18. The fourth-order valence-corrected chi connectivity index (χ4v) is 1.24. The molecular formula is C8H15N3O3. The van der Waals surface area contributed by atoms with Crippen molar-refractivity contribution in [1.29, 1.82) is 0 Å². The zero-order valence-corrected chi connectivity index (χ0v) is 8.16. The summed E-state index contributed by atoms with van der Waals surface area (Å²) in [6, 6.07) is -0.239. The van der Waals surface area contributed by atoms with Crippen molar-refractivity contribution in [3.05, 3.63) is 0 Å². The maximum absolute atomic E-state index is 11.4. The molecule has 0 saturated carbocycles. The van der Waals surface area contributed by atoms with Crippen LogP contribution in [0, 0.1) is 0 Å². The quantitative estimate of drug-likeness (QED) is 0.608. The molecule has 1 heterocycles.